The third kappa shape index (κ3) is 4.20. The summed E-state index contributed by atoms with van der Waals surface area (Å²) >= 11 is 0. The third-order valence-corrected chi connectivity index (χ3v) is 2.99. The third-order valence-electron chi connectivity index (χ3n) is 2.99. The monoisotopic (exact) mass is 363 g/mol. The van der Waals surface area contributed by atoms with E-state index < -0.39 is 16.8 Å². The van der Waals surface area contributed by atoms with Crippen LogP contribution in [0.4, 0.5) is 10.3 Å². The first-order chi connectivity index (χ1) is 12.5. The highest BCUT2D eigenvalue weighted by molar-refractivity contribution is 5.86. The number of benzene rings is 1. The number of halogens is 1. The lowest BCUT2D eigenvalue weighted by molar-refractivity contribution is -0.402. The molecular weight excluding hydrogens is 353 g/mol. The van der Waals surface area contributed by atoms with Gasteiger partial charge in [0.15, 0.2) is 13.2 Å². The van der Waals surface area contributed by atoms with Crippen LogP contribution in [0, 0.1) is 15.9 Å². The smallest absolute Gasteiger partial charge is 0.433 e. The van der Waals surface area contributed by atoms with Gasteiger partial charge in [-0.05, 0) is 30.3 Å². The minimum atomic E-state index is -0.916. The average Bonchev–Trinajstić information content (AvgIpc) is 3.29. The first-order valence-electron chi connectivity index (χ1n) is 7.12. The van der Waals surface area contributed by atoms with Gasteiger partial charge in [0, 0.05) is 0 Å². The molecule has 26 heavy (non-hydrogen) atoms. The molecule has 0 amide bonds. The molecule has 0 aliphatic rings. The minimum absolute atomic E-state index is 0.00267. The Morgan fingerprint density at radius 1 is 1.19 bits per heavy atom. The molecule has 0 radical (unpaired) electrons. The number of nitrogens with zero attached hydrogens (tertiary/aromatic N) is 3. The lowest BCUT2D eigenvalue weighted by Crippen LogP contribution is -2.04. The Bertz CT molecular complexity index is 919. The lowest BCUT2D eigenvalue weighted by atomic mass is 10.3. The highest BCUT2D eigenvalue weighted by Gasteiger charge is 2.19. The zero-order valence-corrected chi connectivity index (χ0v) is 13.0. The lowest BCUT2D eigenvalue weighted by Gasteiger charge is -2.01. The van der Waals surface area contributed by atoms with E-state index in [0.717, 1.165) is 12.1 Å². The van der Waals surface area contributed by atoms with E-state index in [9.17, 15) is 19.3 Å². The Labute approximate surface area is 144 Å². The number of carbonyl (C=O) groups is 1. The van der Waals surface area contributed by atoms with Crippen LogP contribution in [0.1, 0.15) is 22.3 Å². The zero-order chi connectivity index (χ0) is 18.5. The molecule has 2 aromatic heterocycles. The molecule has 0 aliphatic heterocycles. The predicted molar refractivity (Wildman–Crippen MR) is 79.5 cm³/mol. The molecule has 0 saturated carbocycles. The summed E-state index contributed by atoms with van der Waals surface area (Å²) in [7, 11) is 0. The number of aromatic nitrogens is 2. The number of hydrogen-bond acceptors (Lipinski definition) is 9. The van der Waals surface area contributed by atoms with Crippen LogP contribution in [0.2, 0.25) is 0 Å². The van der Waals surface area contributed by atoms with Crippen molar-refractivity contribution < 1.29 is 32.5 Å². The van der Waals surface area contributed by atoms with Gasteiger partial charge in [-0.3, -0.25) is 10.1 Å². The number of furan rings is 1. The highest BCUT2D eigenvalue weighted by Crippen LogP contribution is 2.17. The molecule has 0 fully saturated rings. The van der Waals surface area contributed by atoms with Crippen LogP contribution < -0.4 is 4.74 Å². The van der Waals surface area contributed by atoms with E-state index in [0.29, 0.717) is 5.75 Å². The van der Waals surface area contributed by atoms with Gasteiger partial charge >= 0.3 is 11.9 Å². The van der Waals surface area contributed by atoms with Gasteiger partial charge < -0.3 is 18.4 Å². The number of hydrogen-bond donors (Lipinski definition) is 0. The number of ether oxygens (including phenoxy) is 2. The van der Waals surface area contributed by atoms with Crippen molar-refractivity contribution in [3.8, 4) is 5.75 Å². The molecular formula is C15H10FN3O7. The fraction of sp³-hybridized carbons (Fsp3) is 0.133. The molecule has 0 spiro atoms. The van der Waals surface area contributed by atoms with Crippen LogP contribution in [0.3, 0.4) is 0 Å². The summed E-state index contributed by atoms with van der Waals surface area (Å²) < 4.78 is 32.6. The van der Waals surface area contributed by atoms with E-state index >= 15 is 0 Å². The van der Waals surface area contributed by atoms with E-state index in [4.69, 9.17) is 18.4 Å². The van der Waals surface area contributed by atoms with Crippen molar-refractivity contribution in [1.29, 1.82) is 0 Å². The first kappa shape index (κ1) is 17.1. The standard InChI is InChI=1S/C15H10FN3O7/c16-9-1-3-10(4-2-9)23-7-12-17-13(26-18-12)8-24-15(20)11-5-6-14(25-11)19(21)22/h1-6H,7-8H2. The second-order valence-electron chi connectivity index (χ2n) is 4.82. The number of carbonyl (C=O) groups excluding carboxylic acids is 1. The topological polar surface area (TPSA) is 131 Å². The zero-order valence-electron chi connectivity index (χ0n) is 13.0. The summed E-state index contributed by atoms with van der Waals surface area (Å²) in [5.41, 5.74) is 0. The summed E-state index contributed by atoms with van der Waals surface area (Å²) in [6.45, 7) is -0.385. The van der Waals surface area contributed by atoms with Crippen LogP contribution in [0.25, 0.3) is 0 Å². The van der Waals surface area contributed by atoms with Crippen LogP contribution in [-0.2, 0) is 18.0 Å². The van der Waals surface area contributed by atoms with Crippen molar-refractivity contribution in [2.75, 3.05) is 0 Å². The molecule has 1 aromatic carbocycles. The molecule has 0 atom stereocenters. The van der Waals surface area contributed by atoms with E-state index in [1.54, 1.807) is 0 Å². The Morgan fingerprint density at radius 3 is 2.65 bits per heavy atom. The molecule has 10 nitrogen and oxygen atoms in total. The maximum Gasteiger partial charge on any atom is 0.433 e. The van der Waals surface area contributed by atoms with Gasteiger partial charge in [-0.25, -0.2) is 9.18 Å². The Hall–Kier alpha value is -3.76. The van der Waals surface area contributed by atoms with E-state index in [1.165, 1.54) is 24.3 Å². The maximum atomic E-state index is 12.8. The molecule has 3 rings (SSSR count). The van der Waals surface area contributed by atoms with E-state index in [1.807, 2.05) is 0 Å². The van der Waals surface area contributed by atoms with E-state index in [-0.39, 0.29) is 36.5 Å². The van der Waals surface area contributed by atoms with Gasteiger partial charge in [0.2, 0.25) is 11.6 Å². The fourth-order valence-electron chi connectivity index (χ4n) is 1.82. The molecule has 134 valence electrons. The Balaban J connectivity index is 1.50. The molecule has 0 bridgehead atoms. The molecule has 0 N–H and O–H groups in total. The minimum Gasteiger partial charge on any atom is -0.485 e. The SMILES string of the molecule is O=C(OCc1nc(COc2ccc(F)cc2)no1)c1ccc([N+](=O)[O-])o1. The van der Waals surface area contributed by atoms with Crippen molar-refractivity contribution in [3.05, 3.63) is 69.8 Å². The quantitative estimate of drug-likeness (QED) is 0.353. The molecule has 11 heteroatoms. The summed E-state index contributed by atoms with van der Waals surface area (Å²) in [6, 6.07) is 7.54. The van der Waals surface area contributed by atoms with Gasteiger partial charge in [-0.1, -0.05) is 5.16 Å². The van der Waals surface area contributed by atoms with Crippen LogP contribution in [0.5, 0.6) is 5.75 Å². The first-order valence-corrected chi connectivity index (χ1v) is 7.12. The predicted octanol–water partition coefficient (Wildman–Crippen LogP) is 2.65. The van der Waals surface area contributed by atoms with Gasteiger partial charge in [-0.2, -0.15) is 4.98 Å². The maximum absolute atomic E-state index is 12.8. The highest BCUT2D eigenvalue weighted by atomic mass is 19.1. The molecule has 0 saturated heterocycles. The van der Waals surface area contributed by atoms with Crippen molar-refractivity contribution in [2.45, 2.75) is 13.2 Å². The van der Waals surface area contributed by atoms with Crippen molar-refractivity contribution in [2.24, 2.45) is 0 Å². The van der Waals surface area contributed by atoms with E-state index in [2.05, 4.69) is 10.1 Å². The van der Waals surface area contributed by atoms with Crippen molar-refractivity contribution in [3.63, 3.8) is 0 Å². The summed E-state index contributed by atoms with van der Waals surface area (Å²) in [4.78, 5) is 25.4. The van der Waals surface area contributed by atoms with Crippen molar-refractivity contribution >= 4 is 11.9 Å². The van der Waals surface area contributed by atoms with Gasteiger partial charge in [0.1, 0.15) is 16.5 Å². The Morgan fingerprint density at radius 2 is 1.96 bits per heavy atom. The van der Waals surface area contributed by atoms with Crippen molar-refractivity contribution in [1.82, 2.24) is 10.1 Å². The molecule has 0 aliphatic carbocycles. The normalized spacial score (nSPS) is 10.5. The number of nitro groups is 1. The summed E-state index contributed by atoms with van der Waals surface area (Å²) in [5, 5.41) is 14.1. The Kier molecular flexibility index (Phi) is 4.87. The van der Waals surface area contributed by atoms with Crippen LogP contribution in [0.15, 0.2) is 45.3 Å². The van der Waals surface area contributed by atoms with Crippen LogP contribution in [-0.4, -0.2) is 21.0 Å². The second-order valence-corrected chi connectivity index (χ2v) is 4.82. The second kappa shape index (κ2) is 7.42. The average molecular weight is 363 g/mol. The van der Waals surface area contributed by atoms with Gasteiger partial charge in [0.05, 0.1) is 6.07 Å². The molecule has 2 heterocycles. The molecule has 0 unspecified atom stereocenters. The molecule has 3 aromatic rings. The van der Waals surface area contributed by atoms with Gasteiger partial charge in [0.25, 0.3) is 5.89 Å². The number of esters is 1. The van der Waals surface area contributed by atoms with Gasteiger partial charge in [-0.15, -0.1) is 0 Å². The summed E-state index contributed by atoms with van der Waals surface area (Å²) in [6.07, 6.45) is 0. The largest absolute Gasteiger partial charge is 0.485 e. The summed E-state index contributed by atoms with van der Waals surface area (Å²) in [5.74, 6) is -1.59. The fourth-order valence-corrected chi connectivity index (χ4v) is 1.82. The number of rotatable bonds is 7. The van der Waals surface area contributed by atoms with Crippen LogP contribution >= 0.6 is 0 Å².